The molecule has 0 unspecified atom stereocenters. The molecule has 1 atom stereocenters. The third-order valence-electron chi connectivity index (χ3n) is 2.98. The molecule has 0 heterocycles. The Kier molecular flexibility index (Phi) is 5.20. The van der Waals surface area contributed by atoms with Crippen LogP contribution in [0.2, 0.25) is 0 Å². The maximum absolute atomic E-state index is 12.0. The highest BCUT2D eigenvalue weighted by Crippen LogP contribution is 2.18. The highest BCUT2D eigenvalue weighted by Gasteiger charge is 2.23. The van der Waals surface area contributed by atoms with Gasteiger partial charge in [-0.05, 0) is 57.9 Å². The third-order valence-corrected chi connectivity index (χ3v) is 2.98. The molecular weight excluding hydrogens is 268 g/mol. The van der Waals surface area contributed by atoms with Crippen molar-refractivity contribution in [2.45, 2.75) is 45.8 Å². The van der Waals surface area contributed by atoms with Crippen LogP contribution in [-0.4, -0.2) is 34.8 Å². The highest BCUT2D eigenvalue weighted by atomic mass is 16.6. The van der Waals surface area contributed by atoms with E-state index in [0.717, 1.165) is 5.56 Å². The Morgan fingerprint density at radius 3 is 2.57 bits per heavy atom. The van der Waals surface area contributed by atoms with Crippen LogP contribution in [0.1, 0.15) is 38.8 Å². The van der Waals surface area contributed by atoms with Crippen LogP contribution >= 0.6 is 0 Å². The van der Waals surface area contributed by atoms with Gasteiger partial charge in [-0.15, -0.1) is 0 Å². The molecule has 0 aliphatic rings. The molecule has 0 saturated carbocycles. The summed E-state index contributed by atoms with van der Waals surface area (Å²) in [5.74, 6) is 0.0520. The number of rotatable bonds is 3. The second-order valence-corrected chi connectivity index (χ2v) is 6.14. The van der Waals surface area contributed by atoms with Crippen molar-refractivity contribution in [3.8, 4) is 11.8 Å². The largest absolute Gasteiger partial charge is 0.508 e. The first kappa shape index (κ1) is 16.8. The highest BCUT2D eigenvalue weighted by molar-refractivity contribution is 5.68. The van der Waals surface area contributed by atoms with Gasteiger partial charge in [0.2, 0.25) is 0 Å². The first-order valence-corrected chi connectivity index (χ1v) is 6.81. The van der Waals surface area contributed by atoms with Gasteiger partial charge in [0, 0.05) is 13.1 Å². The lowest BCUT2D eigenvalue weighted by Crippen LogP contribution is -2.40. The lowest BCUT2D eigenvalue weighted by atomic mass is 10.0. The van der Waals surface area contributed by atoms with Crippen molar-refractivity contribution < 1.29 is 14.6 Å². The normalized spacial score (nSPS) is 12.4. The van der Waals surface area contributed by atoms with E-state index in [9.17, 15) is 9.90 Å². The second-order valence-electron chi connectivity index (χ2n) is 6.14. The van der Waals surface area contributed by atoms with Gasteiger partial charge in [-0.2, -0.15) is 5.26 Å². The standard InChI is InChI=1S/C16H22N2O3/c1-11(18(5)15(20)21-16(2,3)4)6-12-7-13(10-17)9-14(19)8-12/h7-9,11,19H,6H2,1-5H3/t11-/m1/s1. The van der Waals surface area contributed by atoms with Crippen molar-refractivity contribution in [2.24, 2.45) is 0 Å². The molecule has 0 saturated heterocycles. The van der Waals surface area contributed by atoms with E-state index >= 15 is 0 Å². The van der Waals surface area contributed by atoms with Gasteiger partial charge in [0.1, 0.15) is 11.4 Å². The smallest absolute Gasteiger partial charge is 0.410 e. The van der Waals surface area contributed by atoms with Gasteiger partial charge >= 0.3 is 6.09 Å². The zero-order valence-corrected chi connectivity index (χ0v) is 13.2. The minimum atomic E-state index is -0.538. The number of hydrogen-bond donors (Lipinski definition) is 1. The van der Waals surface area contributed by atoms with Crippen LogP contribution in [0.15, 0.2) is 18.2 Å². The first-order chi connectivity index (χ1) is 9.62. The van der Waals surface area contributed by atoms with E-state index in [1.54, 1.807) is 19.2 Å². The van der Waals surface area contributed by atoms with E-state index in [4.69, 9.17) is 10.00 Å². The number of likely N-dealkylation sites (N-methyl/N-ethyl adjacent to an activating group) is 1. The fourth-order valence-electron chi connectivity index (χ4n) is 1.85. The van der Waals surface area contributed by atoms with Gasteiger partial charge in [0.05, 0.1) is 11.6 Å². The quantitative estimate of drug-likeness (QED) is 0.928. The Morgan fingerprint density at radius 2 is 2.05 bits per heavy atom. The van der Waals surface area contributed by atoms with Crippen LogP contribution in [0, 0.1) is 11.3 Å². The molecule has 114 valence electrons. The first-order valence-electron chi connectivity index (χ1n) is 6.81. The number of aromatic hydroxyl groups is 1. The van der Waals surface area contributed by atoms with E-state index in [-0.39, 0.29) is 11.8 Å². The van der Waals surface area contributed by atoms with Crippen LogP contribution in [-0.2, 0) is 11.2 Å². The Morgan fingerprint density at radius 1 is 1.43 bits per heavy atom. The minimum Gasteiger partial charge on any atom is -0.508 e. The number of nitrogens with zero attached hydrogens (tertiary/aromatic N) is 2. The van der Waals surface area contributed by atoms with Gasteiger partial charge < -0.3 is 14.7 Å². The number of amides is 1. The second kappa shape index (κ2) is 6.49. The van der Waals surface area contributed by atoms with Crippen LogP contribution in [0.4, 0.5) is 4.79 Å². The Bertz CT molecular complexity index is 556. The number of nitriles is 1. The maximum atomic E-state index is 12.0. The number of phenolic OH excluding ortho intramolecular Hbond substituents is 1. The summed E-state index contributed by atoms with van der Waals surface area (Å²) < 4.78 is 5.31. The number of ether oxygens (including phenoxy) is 1. The fraction of sp³-hybridized carbons (Fsp3) is 0.500. The predicted molar refractivity (Wildman–Crippen MR) is 80.0 cm³/mol. The molecule has 1 rings (SSSR count). The fourth-order valence-corrected chi connectivity index (χ4v) is 1.85. The van der Waals surface area contributed by atoms with Gasteiger partial charge in [-0.1, -0.05) is 0 Å². The summed E-state index contributed by atoms with van der Waals surface area (Å²) in [4.78, 5) is 13.5. The van der Waals surface area contributed by atoms with Gasteiger partial charge in [0.25, 0.3) is 0 Å². The van der Waals surface area contributed by atoms with Crippen molar-refractivity contribution in [3.63, 3.8) is 0 Å². The zero-order chi connectivity index (χ0) is 16.2. The SMILES string of the molecule is C[C@H](Cc1cc(O)cc(C#N)c1)N(C)C(=O)OC(C)(C)C. The Hall–Kier alpha value is -2.22. The number of hydrogen-bond acceptors (Lipinski definition) is 4. The van der Waals surface area contributed by atoms with Crippen LogP contribution in [0.25, 0.3) is 0 Å². The van der Waals surface area contributed by atoms with Crippen molar-refractivity contribution in [1.82, 2.24) is 4.90 Å². The maximum Gasteiger partial charge on any atom is 0.410 e. The minimum absolute atomic E-state index is 0.0520. The van der Waals surface area contributed by atoms with Crippen LogP contribution < -0.4 is 0 Å². The third kappa shape index (κ3) is 5.35. The summed E-state index contributed by atoms with van der Waals surface area (Å²) in [7, 11) is 1.67. The number of carbonyl (C=O) groups is 1. The molecule has 0 bridgehead atoms. The van der Waals surface area contributed by atoms with Crippen LogP contribution in [0.5, 0.6) is 5.75 Å². The van der Waals surface area contributed by atoms with Crippen molar-refractivity contribution in [1.29, 1.82) is 5.26 Å². The molecule has 1 aromatic rings. The Labute approximate surface area is 125 Å². The molecule has 0 radical (unpaired) electrons. The molecule has 0 aromatic heterocycles. The van der Waals surface area contributed by atoms with Crippen LogP contribution in [0.3, 0.4) is 0 Å². The summed E-state index contributed by atoms with van der Waals surface area (Å²) in [5.41, 5.74) is 0.663. The summed E-state index contributed by atoms with van der Waals surface area (Å²) >= 11 is 0. The van der Waals surface area contributed by atoms with E-state index in [1.807, 2.05) is 33.8 Å². The number of carbonyl (C=O) groups excluding carboxylic acids is 1. The monoisotopic (exact) mass is 290 g/mol. The average molecular weight is 290 g/mol. The van der Waals surface area contributed by atoms with Gasteiger partial charge in [-0.3, -0.25) is 0 Å². The summed E-state index contributed by atoms with van der Waals surface area (Å²) in [6, 6.07) is 6.60. The topological polar surface area (TPSA) is 73.6 Å². The zero-order valence-electron chi connectivity index (χ0n) is 13.2. The van der Waals surface area contributed by atoms with Crippen molar-refractivity contribution >= 4 is 6.09 Å². The lowest BCUT2D eigenvalue weighted by molar-refractivity contribution is 0.0236. The van der Waals surface area contributed by atoms with E-state index in [2.05, 4.69) is 0 Å². The number of phenols is 1. The summed E-state index contributed by atoms with van der Waals surface area (Å²) in [6.45, 7) is 7.34. The van der Waals surface area contributed by atoms with Gasteiger partial charge in [-0.25, -0.2) is 4.79 Å². The lowest BCUT2D eigenvalue weighted by Gasteiger charge is -2.28. The van der Waals surface area contributed by atoms with E-state index < -0.39 is 11.7 Å². The molecule has 1 aromatic carbocycles. The van der Waals surface area contributed by atoms with Gasteiger partial charge in [0.15, 0.2) is 0 Å². The Balaban J connectivity index is 2.77. The molecule has 0 fully saturated rings. The molecule has 0 aliphatic heterocycles. The van der Waals surface area contributed by atoms with E-state index in [1.165, 1.54) is 11.0 Å². The van der Waals surface area contributed by atoms with Crippen molar-refractivity contribution in [3.05, 3.63) is 29.3 Å². The summed E-state index contributed by atoms with van der Waals surface area (Å²) in [6.07, 6.45) is 0.134. The molecule has 21 heavy (non-hydrogen) atoms. The number of benzene rings is 1. The molecule has 5 heteroatoms. The molecule has 5 nitrogen and oxygen atoms in total. The molecular formula is C16H22N2O3. The average Bonchev–Trinajstić information content (AvgIpc) is 2.34. The molecule has 0 spiro atoms. The molecule has 1 N–H and O–H groups in total. The van der Waals surface area contributed by atoms with E-state index in [0.29, 0.717) is 12.0 Å². The predicted octanol–water partition coefficient (Wildman–Crippen LogP) is 3.06. The molecule has 1 amide bonds. The van der Waals surface area contributed by atoms with Crippen molar-refractivity contribution in [2.75, 3.05) is 7.05 Å². The summed E-state index contributed by atoms with van der Waals surface area (Å²) in [5, 5.41) is 18.5. The molecule has 0 aliphatic carbocycles.